The smallest absolute Gasteiger partial charge is 0.0789 e. The fraction of sp³-hybridized carbons (Fsp3) is 0.273. The van der Waals surface area contributed by atoms with Crippen LogP contribution < -0.4 is 5.32 Å². The van der Waals surface area contributed by atoms with Crippen LogP contribution in [0.2, 0.25) is 5.02 Å². The van der Waals surface area contributed by atoms with Crippen molar-refractivity contribution in [1.29, 1.82) is 0 Å². The quantitative estimate of drug-likeness (QED) is 0.845. The summed E-state index contributed by atoms with van der Waals surface area (Å²) in [6.07, 6.45) is 0. The third-order valence-electron chi connectivity index (χ3n) is 2.29. The van der Waals surface area contributed by atoms with Gasteiger partial charge in [0.25, 0.3) is 0 Å². The lowest BCUT2D eigenvalue weighted by Crippen LogP contribution is -2.15. The zero-order chi connectivity index (χ0) is 11.7. The van der Waals surface area contributed by atoms with Crippen LogP contribution in [0.15, 0.2) is 22.0 Å². The van der Waals surface area contributed by atoms with Gasteiger partial charge in [0.1, 0.15) is 0 Å². The Kier molecular flexibility index (Phi) is 4.08. The Labute approximate surface area is 117 Å². The molecule has 2 heterocycles. The van der Waals surface area contributed by atoms with Crippen LogP contribution in [0.25, 0.3) is 0 Å². The molecule has 16 heavy (non-hydrogen) atoms. The van der Waals surface area contributed by atoms with E-state index in [2.05, 4.69) is 34.2 Å². The van der Waals surface area contributed by atoms with Gasteiger partial charge in [0.05, 0.1) is 11.1 Å². The van der Waals surface area contributed by atoms with E-state index in [1.54, 1.807) is 22.7 Å². The van der Waals surface area contributed by atoms with Crippen LogP contribution in [0, 0.1) is 6.92 Å². The Morgan fingerprint density at radius 2 is 2.19 bits per heavy atom. The Balaban J connectivity index is 2.44. The third kappa shape index (κ3) is 2.36. The lowest BCUT2D eigenvalue weighted by molar-refractivity contribution is 0.714. The number of rotatable bonds is 3. The molecule has 1 nitrogen and oxygen atoms in total. The minimum absolute atomic E-state index is 0.181. The van der Waals surface area contributed by atoms with E-state index in [4.69, 9.17) is 11.6 Å². The van der Waals surface area contributed by atoms with Gasteiger partial charge in [0.15, 0.2) is 0 Å². The summed E-state index contributed by atoms with van der Waals surface area (Å²) in [5.41, 5.74) is 0. The lowest BCUT2D eigenvalue weighted by Gasteiger charge is -2.14. The van der Waals surface area contributed by atoms with Crippen LogP contribution in [0.3, 0.4) is 0 Å². The Hall–Kier alpha value is 0.130. The first-order valence-electron chi connectivity index (χ1n) is 4.79. The zero-order valence-corrected chi connectivity index (χ0v) is 12.9. The molecule has 1 atom stereocenters. The number of nitrogens with one attached hydrogen (secondary N) is 1. The Morgan fingerprint density at radius 1 is 1.44 bits per heavy atom. The van der Waals surface area contributed by atoms with Crippen molar-refractivity contribution in [2.75, 3.05) is 7.05 Å². The summed E-state index contributed by atoms with van der Waals surface area (Å²) in [6.45, 7) is 2.11. The second-order valence-electron chi connectivity index (χ2n) is 3.42. The molecule has 0 saturated carbocycles. The highest BCUT2D eigenvalue weighted by Gasteiger charge is 2.20. The van der Waals surface area contributed by atoms with Crippen LogP contribution in [0.1, 0.15) is 20.7 Å². The highest BCUT2D eigenvalue weighted by molar-refractivity contribution is 9.10. The Bertz CT molecular complexity index is 492. The maximum Gasteiger partial charge on any atom is 0.0789 e. The summed E-state index contributed by atoms with van der Waals surface area (Å²) < 4.78 is 1.15. The molecule has 0 fully saturated rings. The minimum atomic E-state index is 0.181. The molecule has 0 bridgehead atoms. The van der Waals surface area contributed by atoms with Gasteiger partial charge >= 0.3 is 0 Å². The predicted molar refractivity (Wildman–Crippen MR) is 77.0 cm³/mol. The largest absolute Gasteiger partial charge is 0.308 e. The number of thiophene rings is 2. The summed E-state index contributed by atoms with van der Waals surface area (Å²) in [6, 6.07) is 4.27. The summed E-state index contributed by atoms with van der Waals surface area (Å²) >= 11 is 13.3. The Morgan fingerprint density at radius 3 is 2.62 bits per heavy atom. The molecule has 0 aliphatic rings. The van der Waals surface area contributed by atoms with E-state index < -0.39 is 0 Å². The fourth-order valence-electron chi connectivity index (χ4n) is 1.59. The molecule has 0 spiro atoms. The monoisotopic (exact) mass is 335 g/mol. The van der Waals surface area contributed by atoms with Crippen molar-refractivity contribution in [2.24, 2.45) is 0 Å². The first-order valence-corrected chi connectivity index (χ1v) is 7.66. The molecular formula is C11H11BrClNS2. The van der Waals surface area contributed by atoms with Crippen LogP contribution in [0.4, 0.5) is 0 Å². The standard InChI is InChI=1S/C11H11BrClNS2/c1-6-5-7(12)10(16-6)9(14-2)11-8(13)3-4-15-11/h3-5,9,14H,1-2H3. The number of hydrogen-bond acceptors (Lipinski definition) is 3. The van der Waals surface area contributed by atoms with Crippen LogP contribution in [0.5, 0.6) is 0 Å². The van der Waals surface area contributed by atoms with E-state index >= 15 is 0 Å². The van der Waals surface area contributed by atoms with Crippen molar-refractivity contribution in [2.45, 2.75) is 13.0 Å². The second kappa shape index (κ2) is 5.19. The molecule has 5 heteroatoms. The lowest BCUT2D eigenvalue weighted by atomic mass is 10.2. The molecule has 2 aromatic rings. The third-order valence-corrected chi connectivity index (χ3v) is 5.75. The highest BCUT2D eigenvalue weighted by atomic mass is 79.9. The molecule has 1 unspecified atom stereocenters. The molecule has 0 aliphatic carbocycles. The van der Waals surface area contributed by atoms with Gasteiger partial charge in [-0.25, -0.2) is 0 Å². The minimum Gasteiger partial charge on any atom is -0.308 e. The highest BCUT2D eigenvalue weighted by Crippen LogP contribution is 2.39. The number of halogens is 2. The number of hydrogen-bond donors (Lipinski definition) is 1. The van der Waals surface area contributed by atoms with Crippen molar-refractivity contribution < 1.29 is 0 Å². The van der Waals surface area contributed by atoms with Crippen molar-refractivity contribution in [3.8, 4) is 0 Å². The van der Waals surface area contributed by atoms with E-state index in [-0.39, 0.29) is 6.04 Å². The van der Waals surface area contributed by atoms with Crippen molar-refractivity contribution in [1.82, 2.24) is 5.32 Å². The second-order valence-corrected chi connectivity index (χ2v) is 6.92. The SMILES string of the molecule is CNC(c1sccc1Cl)c1sc(C)cc1Br. The van der Waals surface area contributed by atoms with Gasteiger partial charge in [-0.15, -0.1) is 22.7 Å². The molecule has 0 radical (unpaired) electrons. The summed E-state index contributed by atoms with van der Waals surface area (Å²) in [5.74, 6) is 0. The van der Waals surface area contributed by atoms with Gasteiger partial charge in [-0.2, -0.15) is 0 Å². The van der Waals surface area contributed by atoms with Crippen molar-refractivity contribution >= 4 is 50.2 Å². The topological polar surface area (TPSA) is 12.0 Å². The molecule has 0 saturated heterocycles. The number of aryl methyl sites for hydroxylation is 1. The van der Waals surface area contributed by atoms with Crippen LogP contribution in [-0.2, 0) is 0 Å². The average Bonchev–Trinajstić information content (AvgIpc) is 2.77. The van der Waals surface area contributed by atoms with Crippen molar-refractivity contribution in [3.05, 3.63) is 41.6 Å². The van der Waals surface area contributed by atoms with E-state index in [0.717, 1.165) is 9.50 Å². The normalized spacial score (nSPS) is 13.0. The molecule has 0 amide bonds. The summed E-state index contributed by atoms with van der Waals surface area (Å²) in [5, 5.41) is 6.18. The van der Waals surface area contributed by atoms with Crippen LogP contribution >= 0.6 is 50.2 Å². The van der Waals surface area contributed by atoms with E-state index in [0.29, 0.717) is 0 Å². The molecule has 0 aromatic carbocycles. The van der Waals surface area contributed by atoms with Gasteiger partial charge in [-0.3, -0.25) is 0 Å². The molecular weight excluding hydrogens is 326 g/mol. The van der Waals surface area contributed by atoms with E-state index in [1.807, 2.05) is 18.5 Å². The maximum absolute atomic E-state index is 6.18. The molecule has 2 aromatic heterocycles. The molecule has 0 aliphatic heterocycles. The average molecular weight is 337 g/mol. The molecule has 2 rings (SSSR count). The van der Waals surface area contributed by atoms with E-state index in [9.17, 15) is 0 Å². The van der Waals surface area contributed by atoms with Gasteiger partial charge in [-0.1, -0.05) is 11.6 Å². The van der Waals surface area contributed by atoms with Crippen molar-refractivity contribution in [3.63, 3.8) is 0 Å². The molecule has 1 N–H and O–H groups in total. The first kappa shape index (κ1) is 12.6. The van der Waals surface area contributed by atoms with Gasteiger partial charge in [0.2, 0.25) is 0 Å². The zero-order valence-electron chi connectivity index (χ0n) is 8.88. The predicted octanol–water partition coefficient (Wildman–Crippen LogP) is 4.84. The fourth-order valence-corrected chi connectivity index (χ4v) is 4.95. The van der Waals surface area contributed by atoms with Gasteiger partial charge in [-0.05, 0) is 47.4 Å². The van der Waals surface area contributed by atoms with Gasteiger partial charge in [0, 0.05) is 19.1 Å². The maximum atomic E-state index is 6.18. The summed E-state index contributed by atoms with van der Waals surface area (Å²) in [7, 11) is 1.96. The van der Waals surface area contributed by atoms with Gasteiger partial charge < -0.3 is 5.32 Å². The van der Waals surface area contributed by atoms with E-state index in [1.165, 1.54) is 14.6 Å². The first-order chi connectivity index (χ1) is 7.63. The van der Waals surface area contributed by atoms with Crippen LogP contribution in [-0.4, -0.2) is 7.05 Å². The molecule has 86 valence electrons. The summed E-state index contributed by atoms with van der Waals surface area (Å²) in [4.78, 5) is 3.76.